The van der Waals surface area contributed by atoms with Gasteiger partial charge in [-0.3, -0.25) is 14.4 Å². The van der Waals surface area contributed by atoms with E-state index in [4.69, 9.17) is 10.5 Å². The van der Waals surface area contributed by atoms with Gasteiger partial charge < -0.3 is 26.0 Å². The van der Waals surface area contributed by atoms with Crippen LogP contribution in [0, 0.1) is 13.8 Å². The van der Waals surface area contributed by atoms with Crippen LogP contribution in [-0.2, 0) is 19.1 Å². The van der Waals surface area contributed by atoms with Crippen LogP contribution >= 0.6 is 0 Å². The summed E-state index contributed by atoms with van der Waals surface area (Å²) in [5.74, 6) is -1.82. The number of hydrogen-bond acceptors (Lipinski definition) is 5. The number of amides is 4. The molecule has 9 heteroatoms. The molecular formula is C32H40N4O5. The first-order chi connectivity index (χ1) is 19.3. The van der Waals surface area contributed by atoms with Crippen molar-refractivity contribution in [3.05, 3.63) is 77.4 Å². The van der Waals surface area contributed by atoms with E-state index < -0.39 is 47.9 Å². The number of nitrogens with zero attached hydrogens (tertiary/aromatic N) is 1. The zero-order chi connectivity index (χ0) is 30.3. The molecule has 41 heavy (non-hydrogen) atoms. The summed E-state index contributed by atoms with van der Waals surface area (Å²) in [5, 5.41) is 7.47. The zero-order valence-electron chi connectivity index (χ0n) is 24.6. The molecule has 218 valence electrons. The molecule has 4 amide bonds. The lowest BCUT2D eigenvalue weighted by molar-refractivity contribution is -0.141. The van der Waals surface area contributed by atoms with Gasteiger partial charge in [0.25, 0.3) is 5.91 Å². The second-order valence-electron chi connectivity index (χ2n) is 11.2. The Labute approximate surface area is 241 Å². The van der Waals surface area contributed by atoms with Gasteiger partial charge in [0.2, 0.25) is 11.8 Å². The number of primary amides is 1. The number of anilines is 1. The summed E-state index contributed by atoms with van der Waals surface area (Å²) in [7, 11) is 0. The summed E-state index contributed by atoms with van der Waals surface area (Å²) in [4.78, 5) is 54.1. The third-order valence-electron chi connectivity index (χ3n) is 6.44. The van der Waals surface area contributed by atoms with Crippen molar-refractivity contribution in [2.45, 2.75) is 72.1 Å². The minimum Gasteiger partial charge on any atom is -0.444 e. The SMILES string of the molecule is CCCN(C(=O)C(CC(N)=O)NC(=O)OC(C)(C)C)C(C(=O)Nc1ccc2ccccc2c1)c1ccc(C)cc1C. The van der Waals surface area contributed by atoms with Crippen LogP contribution in [0.1, 0.15) is 63.3 Å². The molecular weight excluding hydrogens is 520 g/mol. The first-order valence-electron chi connectivity index (χ1n) is 13.7. The van der Waals surface area contributed by atoms with Crippen LogP contribution in [0.15, 0.2) is 60.7 Å². The third-order valence-corrected chi connectivity index (χ3v) is 6.44. The molecule has 0 radical (unpaired) electrons. The highest BCUT2D eigenvalue weighted by Crippen LogP contribution is 2.29. The summed E-state index contributed by atoms with van der Waals surface area (Å²) in [6.07, 6.45) is -0.798. The number of nitrogens with two attached hydrogens (primary N) is 1. The molecule has 4 N–H and O–H groups in total. The van der Waals surface area contributed by atoms with E-state index in [0.29, 0.717) is 17.7 Å². The molecule has 9 nitrogen and oxygen atoms in total. The minimum atomic E-state index is -1.32. The Bertz CT molecular complexity index is 1430. The largest absolute Gasteiger partial charge is 0.444 e. The number of aryl methyl sites for hydroxylation is 2. The van der Waals surface area contributed by atoms with Gasteiger partial charge in [0, 0.05) is 12.2 Å². The third kappa shape index (κ3) is 8.54. The van der Waals surface area contributed by atoms with Crippen molar-refractivity contribution in [3.63, 3.8) is 0 Å². The topological polar surface area (TPSA) is 131 Å². The van der Waals surface area contributed by atoms with Crippen molar-refractivity contribution < 1.29 is 23.9 Å². The number of rotatable bonds is 10. The lowest BCUT2D eigenvalue weighted by atomic mass is 9.96. The van der Waals surface area contributed by atoms with E-state index in [1.54, 1.807) is 20.8 Å². The Hall–Kier alpha value is -4.40. The number of fused-ring (bicyclic) bond motifs is 1. The quantitative estimate of drug-likeness (QED) is 0.316. The number of hydrogen-bond donors (Lipinski definition) is 3. The zero-order valence-corrected chi connectivity index (χ0v) is 24.6. The molecule has 2 unspecified atom stereocenters. The maximum atomic E-state index is 14.1. The van der Waals surface area contributed by atoms with Gasteiger partial charge in [0.1, 0.15) is 17.7 Å². The Balaban J connectivity index is 2.04. The average Bonchev–Trinajstić information content (AvgIpc) is 2.87. The van der Waals surface area contributed by atoms with Crippen LogP contribution in [0.5, 0.6) is 0 Å². The van der Waals surface area contributed by atoms with Crippen molar-refractivity contribution in [1.29, 1.82) is 0 Å². The molecule has 0 aliphatic heterocycles. The van der Waals surface area contributed by atoms with Gasteiger partial charge in [-0.05, 0) is 75.1 Å². The maximum Gasteiger partial charge on any atom is 0.408 e. The van der Waals surface area contributed by atoms with Crippen LogP contribution in [0.25, 0.3) is 10.8 Å². The maximum absolute atomic E-state index is 14.1. The fourth-order valence-corrected chi connectivity index (χ4v) is 4.72. The second kappa shape index (κ2) is 13.3. The minimum absolute atomic E-state index is 0.188. The number of benzene rings is 3. The van der Waals surface area contributed by atoms with Gasteiger partial charge in [-0.25, -0.2) is 4.79 Å². The second-order valence-corrected chi connectivity index (χ2v) is 11.2. The Morgan fingerprint density at radius 3 is 2.24 bits per heavy atom. The number of carbonyl (C=O) groups excluding carboxylic acids is 4. The first-order valence-corrected chi connectivity index (χ1v) is 13.7. The predicted molar refractivity (Wildman–Crippen MR) is 160 cm³/mol. The molecule has 0 heterocycles. The normalized spacial score (nSPS) is 12.7. The monoisotopic (exact) mass is 560 g/mol. The molecule has 3 rings (SSSR count). The van der Waals surface area contributed by atoms with Crippen molar-refractivity contribution in [2.24, 2.45) is 5.73 Å². The molecule has 3 aromatic carbocycles. The van der Waals surface area contributed by atoms with E-state index in [0.717, 1.165) is 21.9 Å². The van der Waals surface area contributed by atoms with Crippen LogP contribution in [0.4, 0.5) is 10.5 Å². The predicted octanol–water partition coefficient (Wildman–Crippen LogP) is 5.14. The molecule has 0 spiro atoms. The Morgan fingerprint density at radius 1 is 0.951 bits per heavy atom. The van der Waals surface area contributed by atoms with Crippen LogP contribution < -0.4 is 16.4 Å². The molecule has 0 aliphatic rings. The molecule has 3 aromatic rings. The van der Waals surface area contributed by atoms with Gasteiger partial charge in [0.15, 0.2) is 0 Å². The lowest BCUT2D eigenvalue weighted by Crippen LogP contribution is -2.53. The van der Waals surface area contributed by atoms with E-state index in [1.807, 2.05) is 81.4 Å². The summed E-state index contributed by atoms with van der Waals surface area (Å²) in [6.45, 7) is 11.0. The number of nitrogens with one attached hydrogen (secondary N) is 2. The highest BCUT2D eigenvalue weighted by atomic mass is 16.6. The van der Waals surface area contributed by atoms with Crippen molar-refractivity contribution in [3.8, 4) is 0 Å². The molecule has 0 bridgehead atoms. The van der Waals surface area contributed by atoms with E-state index in [1.165, 1.54) is 4.90 Å². The van der Waals surface area contributed by atoms with Gasteiger partial charge in [-0.15, -0.1) is 0 Å². The summed E-state index contributed by atoms with van der Waals surface area (Å²) in [5.41, 5.74) is 7.67. The summed E-state index contributed by atoms with van der Waals surface area (Å²) >= 11 is 0. The van der Waals surface area contributed by atoms with E-state index in [9.17, 15) is 19.2 Å². The van der Waals surface area contributed by atoms with Crippen molar-refractivity contribution in [2.75, 3.05) is 11.9 Å². The molecule has 0 saturated heterocycles. The van der Waals surface area contributed by atoms with Crippen LogP contribution in [0.2, 0.25) is 0 Å². The van der Waals surface area contributed by atoms with Crippen molar-refractivity contribution in [1.82, 2.24) is 10.2 Å². The van der Waals surface area contributed by atoms with Gasteiger partial charge in [-0.1, -0.05) is 61.0 Å². The van der Waals surface area contributed by atoms with Gasteiger partial charge in [-0.2, -0.15) is 0 Å². The van der Waals surface area contributed by atoms with E-state index in [2.05, 4.69) is 10.6 Å². The average molecular weight is 561 g/mol. The first kappa shape index (κ1) is 31.1. The molecule has 2 atom stereocenters. The molecule has 0 saturated carbocycles. The van der Waals surface area contributed by atoms with Gasteiger partial charge >= 0.3 is 6.09 Å². The fraction of sp³-hybridized carbons (Fsp3) is 0.375. The molecule has 0 fully saturated rings. The Kier molecular flexibility index (Phi) is 10.1. The van der Waals surface area contributed by atoms with E-state index in [-0.39, 0.29) is 6.54 Å². The van der Waals surface area contributed by atoms with Crippen LogP contribution in [-0.4, -0.2) is 46.9 Å². The van der Waals surface area contributed by atoms with E-state index >= 15 is 0 Å². The number of ether oxygens (including phenoxy) is 1. The summed E-state index contributed by atoms with van der Waals surface area (Å²) in [6, 6.07) is 16.7. The summed E-state index contributed by atoms with van der Waals surface area (Å²) < 4.78 is 5.33. The van der Waals surface area contributed by atoms with Crippen molar-refractivity contribution >= 4 is 40.3 Å². The highest BCUT2D eigenvalue weighted by Gasteiger charge is 2.37. The number of carbonyl (C=O) groups is 4. The lowest BCUT2D eigenvalue weighted by Gasteiger charge is -2.35. The van der Waals surface area contributed by atoms with Crippen LogP contribution in [0.3, 0.4) is 0 Å². The fourth-order valence-electron chi connectivity index (χ4n) is 4.72. The van der Waals surface area contributed by atoms with Gasteiger partial charge in [0.05, 0.1) is 6.42 Å². The standard InChI is InChI=1S/C32H40N4O5/c1-7-16-36(30(39)26(19-27(33)37)35-31(40)41-32(4,5)6)28(25-15-12-20(2)17-21(25)3)29(38)34-24-14-13-22-10-8-9-11-23(22)18-24/h8-15,17-18,26,28H,7,16,19H2,1-6H3,(H2,33,37)(H,34,38)(H,35,40). The highest BCUT2D eigenvalue weighted by molar-refractivity contribution is 6.01. The smallest absolute Gasteiger partial charge is 0.408 e. The molecule has 0 aromatic heterocycles. The number of alkyl carbamates (subject to hydrolysis) is 1. The Morgan fingerprint density at radius 2 is 1.63 bits per heavy atom. The molecule has 0 aliphatic carbocycles.